The Balaban J connectivity index is 1.38. The summed E-state index contributed by atoms with van der Waals surface area (Å²) in [5, 5.41) is 9.64. The molecule has 3 aliphatic rings. The van der Waals surface area contributed by atoms with Crippen molar-refractivity contribution < 1.29 is 19.4 Å². The predicted molar refractivity (Wildman–Crippen MR) is 164 cm³/mol. The van der Waals surface area contributed by atoms with Gasteiger partial charge in [0.15, 0.2) is 0 Å². The molecule has 2 saturated heterocycles. The first-order valence-electron chi connectivity index (χ1n) is 15.5. The van der Waals surface area contributed by atoms with Gasteiger partial charge in [-0.3, -0.25) is 14.6 Å². The standard InChI is InChI=1S/C34H43N5O4/c1-23(2)43-34-28(33(42-3)35-32(36-34)26-14-15-26)20-37-18-27-19-38(30(41)22-40)16-17-39(27)29(21-37)31(24-10-6-4-7-11-24)25-12-8-5-9-13-25/h4-13,23,26-27,29,31,40H,14-22H2,1-3H3/t27-,29+/m1/s1. The summed E-state index contributed by atoms with van der Waals surface area (Å²) in [6, 6.07) is 21.7. The van der Waals surface area contributed by atoms with Gasteiger partial charge in [0.05, 0.1) is 18.8 Å². The van der Waals surface area contributed by atoms with Gasteiger partial charge >= 0.3 is 0 Å². The van der Waals surface area contributed by atoms with Crippen LogP contribution in [-0.2, 0) is 11.3 Å². The molecular weight excluding hydrogens is 542 g/mol. The molecule has 3 heterocycles. The number of rotatable bonds is 10. The number of aromatic nitrogens is 2. The highest BCUT2D eigenvalue weighted by Crippen LogP contribution is 2.42. The van der Waals surface area contributed by atoms with Crippen LogP contribution in [0.3, 0.4) is 0 Å². The molecule has 0 spiro atoms. The molecule has 1 amide bonds. The Bertz CT molecular complexity index is 1340. The van der Waals surface area contributed by atoms with E-state index in [4.69, 9.17) is 19.4 Å². The molecule has 43 heavy (non-hydrogen) atoms. The summed E-state index contributed by atoms with van der Waals surface area (Å²) in [6.07, 6.45) is 2.16. The van der Waals surface area contributed by atoms with Gasteiger partial charge in [0.1, 0.15) is 12.4 Å². The second kappa shape index (κ2) is 13.0. The van der Waals surface area contributed by atoms with E-state index in [1.807, 2.05) is 18.7 Å². The monoisotopic (exact) mass is 585 g/mol. The molecule has 0 unspecified atom stereocenters. The van der Waals surface area contributed by atoms with Crippen LogP contribution in [0.15, 0.2) is 60.7 Å². The molecule has 1 aromatic heterocycles. The fraction of sp³-hybridized carbons (Fsp3) is 0.500. The van der Waals surface area contributed by atoms with Crippen molar-refractivity contribution in [3.05, 3.63) is 83.2 Å². The number of fused-ring (bicyclic) bond motifs is 1. The van der Waals surface area contributed by atoms with Crippen molar-refractivity contribution >= 4 is 5.91 Å². The van der Waals surface area contributed by atoms with Crippen molar-refractivity contribution in [2.75, 3.05) is 46.4 Å². The van der Waals surface area contributed by atoms with Crippen molar-refractivity contribution in [1.82, 2.24) is 24.7 Å². The molecule has 9 heteroatoms. The van der Waals surface area contributed by atoms with Gasteiger partial charge in [0.25, 0.3) is 0 Å². The minimum Gasteiger partial charge on any atom is -0.481 e. The topological polar surface area (TPSA) is 91.3 Å². The Hall–Kier alpha value is -3.53. The number of piperazine rings is 2. The van der Waals surface area contributed by atoms with Gasteiger partial charge in [0, 0.05) is 63.2 Å². The van der Waals surface area contributed by atoms with Crippen LogP contribution in [0.1, 0.15) is 61.0 Å². The molecule has 228 valence electrons. The number of carbonyl (C=O) groups excluding carboxylic acids is 1. The average Bonchev–Trinajstić information content (AvgIpc) is 3.88. The number of aliphatic hydroxyl groups excluding tert-OH is 1. The molecule has 0 bridgehead atoms. The smallest absolute Gasteiger partial charge is 0.248 e. The first-order valence-corrected chi connectivity index (χ1v) is 15.5. The van der Waals surface area contributed by atoms with E-state index >= 15 is 0 Å². The highest BCUT2D eigenvalue weighted by atomic mass is 16.5. The fourth-order valence-corrected chi connectivity index (χ4v) is 6.75. The van der Waals surface area contributed by atoms with E-state index in [0.29, 0.717) is 37.3 Å². The lowest BCUT2D eigenvalue weighted by atomic mass is 9.81. The highest BCUT2D eigenvalue weighted by Gasteiger charge is 2.43. The van der Waals surface area contributed by atoms with Crippen LogP contribution in [-0.4, -0.2) is 100 Å². The van der Waals surface area contributed by atoms with E-state index in [1.165, 1.54) is 11.1 Å². The third-order valence-electron chi connectivity index (χ3n) is 8.87. The quantitative estimate of drug-likeness (QED) is 0.386. The Morgan fingerprint density at radius 1 is 0.930 bits per heavy atom. The van der Waals surface area contributed by atoms with E-state index in [9.17, 15) is 9.90 Å². The zero-order valence-corrected chi connectivity index (χ0v) is 25.4. The zero-order chi connectivity index (χ0) is 29.9. The number of nitrogens with zero attached hydrogens (tertiary/aromatic N) is 5. The van der Waals surface area contributed by atoms with E-state index in [2.05, 4.69) is 70.5 Å². The minimum atomic E-state index is -0.464. The van der Waals surface area contributed by atoms with E-state index in [1.54, 1.807) is 7.11 Å². The molecule has 2 aliphatic heterocycles. The second-order valence-corrected chi connectivity index (χ2v) is 12.3. The van der Waals surface area contributed by atoms with Crippen LogP contribution in [0.25, 0.3) is 0 Å². The molecule has 2 aromatic carbocycles. The summed E-state index contributed by atoms with van der Waals surface area (Å²) < 4.78 is 12.1. The van der Waals surface area contributed by atoms with Gasteiger partial charge in [-0.25, -0.2) is 0 Å². The van der Waals surface area contributed by atoms with Gasteiger partial charge in [-0.1, -0.05) is 60.7 Å². The molecule has 2 atom stereocenters. The second-order valence-electron chi connectivity index (χ2n) is 12.3. The fourth-order valence-electron chi connectivity index (χ4n) is 6.75. The molecule has 3 aromatic rings. The molecule has 1 N–H and O–H groups in total. The number of ether oxygens (including phenoxy) is 2. The molecule has 3 fully saturated rings. The van der Waals surface area contributed by atoms with Gasteiger partial charge in [-0.05, 0) is 37.8 Å². The largest absolute Gasteiger partial charge is 0.481 e. The summed E-state index contributed by atoms with van der Waals surface area (Å²) in [4.78, 5) is 29.2. The lowest BCUT2D eigenvalue weighted by Gasteiger charge is -2.53. The highest BCUT2D eigenvalue weighted by molar-refractivity contribution is 5.77. The number of hydrogen-bond acceptors (Lipinski definition) is 8. The van der Waals surface area contributed by atoms with Crippen LogP contribution in [0.4, 0.5) is 0 Å². The van der Waals surface area contributed by atoms with Crippen molar-refractivity contribution in [1.29, 1.82) is 0 Å². The van der Waals surface area contributed by atoms with Crippen molar-refractivity contribution in [3.8, 4) is 11.8 Å². The minimum absolute atomic E-state index is 0.0352. The van der Waals surface area contributed by atoms with E-state index in [-0.39, 0.29) is 30.0 Å². The van der Waals surface area contributed by atoms with Crippen molar-refractivity contribution in [2.45, 2.75) is 63.3 Å². The lowest BCUT2D eigenvalue weighted by Crippen LogP contribution is -2.67. The zero-order valence-electron chi connectivity index (χ0n) is 25.4. The van der Waals surface area contributed by atoms with Crippen molar-refractivity contribution in [3.63, 3.8) is 0 Å². The first kappa shape index (κ1) is 29.5. The number of hydrogen-bond donors (Lipinski definition) is 1. The molecule has 0 radical (unpaired) electrons. The Labute approximate surface area is 254 Å². The molecule has 9 nitrogen and oxygen atoms in total. The third kappa shape index (κ3) is 6.54. The van der Waals surface area contributed by atoms with Crippen LogP contribution < -0.4 is 9.47 Å². The number of amides is 1. The Morgan fingerprint density at radius 3 is 2.16 bits per heavy atom. The summed E-state index contributed by atoms with van der Waals surface area (Å²) >= 11 is 0. The average molecular weight is 586 g/mol. The van der Waals surface area contributed by atoms with Crippen molar-refractivity contribution in [2.24, 2.45) is 0 Å². The number of carbonyl (C=O) groups is 1. The maximum absolute atomic E-state index is 12.6. The number of aliphatic hydroxyl groups is 1. The van der Waals surface area contributed by atoms with E-state index < -0.39 is 6.61 Å². The van der Waals surface area contributed by atoms with Gasteiger partial charge < -0.3 is 19.5 Å². The molecular formula is C34H43N5O4. The predicted octanol–water partition coefficient (Wildman–Crippen LogP) is 3.67. The van der Waals surface area contributed by atoms with Gasteiger partial charge in [-0.2, -0.15) is 9.97 Å². The number of benzene rings is 2. The normalized spacial score (nSPS) is 21.2. The van der Waals surface area contributed by atoms with Gasteiger partial charge in [-0.15, -0.1) is 0 Å². The summed E-state index contributed by atoms with van der Waals surface area (Å²) in [5.74, 6) is 2.28. The van der Waals surface area contributed by atoms with Crippen LogP contribution in [0, 0.1) is 0 Å². The van der Waals surface area contributed by atoms with E-state index in [0.717, 1.165) is 43.9 Å². The lowest BCUT2D eigenvalue weighted by molar-refractivity contribution is -0.139. The van der Waals surface area contributed by atoms with Crippen LogP contribution in [0.2, 0.25) is 0 Å². The Morgan fingerprint density at radius 2 is 1.58 bits per heavy atom. The first-order chi connectivity index (χ1) is 20.9. The molecule has 1 saturated carbocycles. The maximum Gasteiger partial charge on any atom is 0.248 e. The Kier molecular flexibility index (Phi) is 8.93. The van der Waals surface area contributed by atoms with Crippen LogP contribution >= 0.6 is 0 Å². The van der Waals surface area contributed by atoms with Crippen LogP contribution in [0.5, 0.6) is 11.8 Å². The third-order valence-corrected chi connectivity index (χ3v) is 8.87. The maximum atomic E-state index is 12.6. The molecule has 1 aliphatic carbocycles. The SMILES string of the molecule is COc1nc(C2CC2)nc(OC(C)C)c1CN1C[C@@H]2CN(C(=O)CO)CCN2[C@H](C(c2ccccc2)c2ccccc2)C1. The van der Waals surface area contributed by atoms with Gasteiger partial charge in [0.2, 0.25) is 17.7 Å². The summed E-state index contributed by atoms with van der Waals surface area (Å²) in [5.41, 5.74) is 3.40. The summed E-state index contributed by atoms with van der Waals surface area (Å²) in [7, 11) is 1.67. The molecule has 6 rings (SSSR count). The number of methoxy groups -OCH3 is 1. The summed E-state index contributed by atoms with van der Waals surface area (Å²) in [6.45, 7) is 7.66.